The summed E-state index contributed by atoms with van der Waals surface area (Å²) in [6.07, 6.45) is 3.30. The van der Waals surface area contributed by atoms with Crippen molar-refractivity contribution < 1.29 is 9.59 Å². The summed E-state index contributed by atoms with van der Waals surface area (Å²) in [4.78, 5) is 29.5. The highest BCUT2D eigenvalue weighted by Gasteiger charge is 2.39. The van der Waals surface area contributed by atoms with Gasteiger partial charge in [0.15, 0.2) is 0 Å². The topological polar surface area (TPSA) is 65.2 Å². The molecule has 3 amide bonds. The number of amides is 3. The molecule has 2 N–H and O–H groups in total. The molecule has 1 unspecified atom stereocenters. The van der Waals surface area contributed by atoms with Crippen LogP contribution in [-0.2, 0) is 17.6 Å². The molecule has 0 bridgehead atoms. The van der Waals surface area contributed by atoms with Gasteiger partial charge in [0.25, 0.3) is 5.91 Å². The first-order valence-corrected chi connectivity index (χ1v) is 8.45. The number of carbonyl (C=O) groups excluding carboxylic acids is 2. The molecule has 1 fully saturated rings. The number of aryl methyl sites for hydroxylation is 1. The third-order valence-electron chi connectivity index (χ3n) is 4.72. The molecular formula is C20H19N3O2. The van der Waals surface area contributed by atoms with Crippen molar-refractivity contribution in [3.63, 3.8) is 0 Å². The number of imide groups is 1. The third kappa shape index (κ3) is 2.67. The Balaban J connectivity index is 1.58. The van der Waals surface area contributed by atoms with Crippen LogP contribution in [0.2, 0.25) is 0 Å². The predicted molar refractivity (Wildman–Crippen MR) is 97.6 cm³/mol. The standard InChI is InChI=1S/C20H19N3O2/c1-2-13-7-9-15(10-8-13)23-19(24)18(22-20(23)25)11-14-12-21-17-6-4-3-5-16(14)17/h3-10,12,18,21H,2,11H2,1H3,(H,22,25). The van der Waals surface area contributed by atoms with Gasteiger partial charge in [0.05, 0.1) is 5.69 Å². The molecule has 0 aliphatic carbocycles. The second-order valence-electron chi connectivity index (χ2n) is 6.26. The van der Waals surface area contributed by atoms with Crippen LogP contribution in [0.4, 0.5) is 10.5 Å². The Morgan fingerprint density at radius 3 is 2.56 bits per heavy atom. The minimum atomic E-state index is -0.544. The largest absolute Gasteiger partial charge is 0.361 e. The summed E-state index contributed by atoms with van der Waals surface area (Å²) in [7, 11) is 0. The zero-order chi connectivity index (χ0) is 17.4. The van der Waals surface area contributed by atoms with Gasteiger partial charge < -0.3 is 10.3 Å². The summed E-state index contributed by atoms with van der Waals surface area (Å²) < 4.78 is 0. The van der Waals surface area contributed by atoms with Gasteiger partial charge in [-0.2, -0.15) is 0 Å². The highest BCUT2D eigenvalue weighted by atomic mass is 16.2. The maximum Gasteiger partial charge on any atom is 0.329 e. The van der Waals surface area contributed by atoms with Crippen molar-refractivity contribution >= 4 is 28.5 Å². The van der Waals surface area contributed by atoms with Crippen LogP contribution in [0.15, 0.2) is 54.7 Å². The Morgan fingerprint density at radius 1 is 1.04 bits per heavy atom. The summed E-state index contributed by atoms with van der Waals surface area (Å²) in [5.41, 5.74) is 3.84. The molecule has 1 aliphatic rings. The lowest BCUT2D eigenvalue weighted by molar-refractivity contribution is -0.118. The Bertz CT molecular complexity index is 943. The highest BCUT2D eigenvalue weighted by Crippen LogP contribution is 2.24. The van der Waals surface area contributed by atoms with Crippen molar-refractivity contribution in [2.24, 2.45) is 0 Å². The Hall–Kier alpha value is -3.08. The number of rotatable bonds is 4. The molecule has 2 aromatic carbocycles. The van der Waals surface area contributed by atoms with Crippen LogP contribution in [0.1, 0.15) is 18.1 Å². The van der Waals surface area contributed by atoms with Gasteiger partial charge in [0.2, 0.25) is 0 Å². The van der Waals surface area contributed by atoms with Gasteiger partial charge in [0.1, 0.15) is 6.04 Å². The Morgan fingerprint density at radius 2 is 1.80 bits per heavy atom. The van der Waals surface area contributed by atoms with Crippen molar-refractivity contribution in [1.82, 2.24) is 10.3 Å². The van der Waals surface area contributed by atoms with Crippen molar-refractivity contribution in [1.29, 1.82) is 0 Å². The summed E-state index contributed by atoms with van der Waals surface area (Å²) in [5, 5.41) is 3.89. The van der Waals surface area contributed by atoms with Gasteiger partial charge in [-0.15, -0.1) is 0 Å². The van der Waals surface area contributed by atoms with Crippen molar-refractivity contribution in [2.75, 3.05) is 4.90 Å². The lowest BCUT2D eigenvalue weighted by Crippen LogP contribution is -2.32. The van der Waals surface area contributed by atoms with E-state index in [4.69, 9.17) is 0 Å². The SMILES string of the molecule is CCc1ccc(N2C(=O)NC(Cc3c[nH]c4ccccc34)C2=O)cc1. The molecule has 126 valence electrons. The Kier molecular flexibility index (Phi) is 3.76. The second kappa shape index (κ2) is 6.09. The van der Waals surface area contributed by atoms with Crippen LogP contribution in [0.25, 0.3) is 10.9 Å². The first-order valence-electron chi connectivity index (χ1n) is 8.45. The molecule has 5 nitrogen and oxygen atoms in total. The number of anilines is 1. The summed E-state index contributed by atoms with van der Waals surface area (Å²) in [6, 6.07) is 14.6. The lowest BCUT2D eigenvalue weighted by Gasteiger charge is -2.13. The minimum absolute atomic E-state index is 0.209. The molecule has 1 atom stereocenters. The molecule has 0 spiro atoms. The molecule has 2 heterocycles. The number of nitrogens with one attached hydrogen (secondary N) is 2. The van der Waals surface area contributed by atoms with Crippen LogP contribution in [-0.4, -0.2) is 23.0 Å². The number of H-pyrrole nitrogens is 1. The van der Waals surface area contributed by atoms with Gasteiger partial charge >= 0.3 is 6.03 Å². The number of hydrogen-bond donors (Lipinski definition) is 2. The van der Waals surface area contributed by atoms with E-state index in [1.54, 1.807) is 0 Å². The molecule has 5 heteroatoms. The van der Waals surface area contributed by atoms with E-state index in [-0.39, 0.29) is 11.9 Å². The molecule has 1 aliphatic heterocycles. The van der Waals surface area contributed by atoms with Gasteiger partial charge in [-0.05, 0) is 35.7 Å². The number of hydrogen-bond acceptors (Lipinski definition) is 2. The van der Waals surface area contributed by atoms with E-state index in [1.807, 2.05) is 54.7 Å². The molecule has 1 aromatic heterocycles. The molecule has 0 radical (unpaired) electrons. The van der Waals surface area contributed by atoms with Crippen molar-refractivity contribution in [2.45, 2.75) is 25.8 Å². The van der Waals surface area contributed by atoms with Gasteiger partial charge in [0, 0.05) is 23.5 Å². The fraction of sp³-hybridized carbons (Fsp3) is 0.200. The third-order valence-corrected chi connectivity index (χ3v) is 4.72. The number of benzene rings is 2. The van der Waals surface area contributed by atoms with Crippen molar-refractivity contribution in [3.05, 3.63) is 65.9 Å². The van der Waals surface area contributed by atoms with E-state index < -0.39 is 6.04 Å². The van der Waals surface area contributed by atoms with E-state index in [1.165, 1.54) is 10.5 Å². The quantitative estimate of drug-likeness (QED) is 0.719. The number of fused-ring (bicyclic) bond motifs is 1. The average Bonchev–Trinajstić information content (AvgIpc) is 3.17. The van der Waals surface area contributed by atoms with E-state index in [0.717, 1.165) is 22.9 Å². The first-order chi connectivity index (χ1) is 12.2. The minimum Gasteiger partial charge on any atom is -0.361 e. The maximum absolute atomic E-state index is 12.8. The van der Waals surface area contributed by atoms with E-state index in [2.05, 4.69) is 17.2 Å². The zero-order valence-corrected chi connectivity index (χ0v) is 14.0. The molecule has 1 saturated heterocycles. The summed E-state index contributed by atoms with van der Waals surface area (Å²) >= 11 is 0. The Labute approximate surface area is 145 Å². The maximum atomic E-state index is 12.8. The number of aromatic nitrogens is 1. The second-order valence-corrected chi connectivity index (χ2v) is 6.26. The summed E-state index contributed by atoms with van der Waals surface area (Å²) in [5.74, 6) is -0.209. The monoisotopic (exact) mass is 333 g/mol. The number of nitrogens with zero attached hydrogens (tertiary/aromatic N) is 1. The van der Waals surface area contributed by atoms with E-state index in [0.29, 0.717) is 12.1 Å². The average molecular weight is 333 g/mol. The molecule has 3 aromatic rings. The number of para-hydroxylation sites is 1. The van der Waals surface area contributed by atoms with Crippen LogP contribution in [0.3, 0.4) is 0 Å². The zero-order valence-electron chi connectivity index (χ0n) is 14.0. The van der Waals surface area contributed by atoms with Gasteiger partial charge in [-0.3, -0.25) is 4.79 Å². The number of carbonyl (C=O) groups is 2. The lowest BCUT2D eigenvalue weighted by atomic mass is 10.0. The van der Waals surface area contributed by atoms with Crippen LogP contribution in [0, 0.1) is 0 Å². The predicted octanol–water partition coefficient (Wildman–Crippen LogP) is 3.40. The van der Waals surface area contributed by atoms with Crippen LogP contribution in [0.5, 0.6) is 0 Å². The van der Waals surface area contributed by atoms with Gasteiger partial charge in [-0.1, -0.05) is 37.3 Å². The van der Waals surface area contributed by atoms with E-state index >= 15 is 0 Å². The number of aromatic amines is 1. The fourth-order valence-electron chi connectivity index (χ4n) is 3.32. The molecule has 0 saturated carbocycles. The molecule has 4 rings (SSSR count). The first kappa shape index (κ1) is 15.4. The molecular weight excluding hydrogens is 314 g/mol. The van der Waals surface area contributed by atoms with Crippen LogP contribution < -0.4 is 10.2 Å². The number of urea groups is 1. The van der Waals surface area contributed by atoms with Crippen LogP contribution >= 0.6 is 0 Å². The van der Waals surface area contributed by atoms with Gasteiger partial charge in [-0.25, -0.2) is 9.69 Å². The molecule has 25 heavy (non-hydrogen) atoms. The summed E-state index contributed by atoms with van der Waals surface area (Å²) in [6.45, 7) is 2.07. The fourth-order valence-corrected chi connectivity index (χ4v) is 3.32. The smallest absolute Gasteiger partial charge is 0.329 e. The highest BCUT2D eigenvalue weighted by molar-refractivity contribution is 6.21. The van der Waals surface area contributed by atoms with E-state index in [9.17, 15) is 9.59 Å². The normalized spacial score (nSPS) is 17.3. The van der Waals surface area contributed by atoms with Crippen molar-refractivity contribution in [3.8, 4) is 0 Å².